The van der Waals surface area contributed by atoms with Gasteiger partial charge >= 0.3 is 0 Å². The molecule has 11 nitrogen and oxygen atoms in total. The van der Waals surface area contributed by atoms with E-state index in [0.29, 0.717) is 29.4 Å². The van der Waals surface area contributed by atoms with Crippen LogP contribution >= 0.6 is 0 Å². The first kappa shape index (κ1) is 25.3. The van der Waals surface area contributed by atoms with E-state index in [0.717, 1.165) is 5.01 Å². The lowest BCUT2D eigenvalue weighted by Gasteiger charge is -2.16. The summed E-state index contributed by atoms with van der Waals surface area (Å²) in [5.74, 6) is 0.193. The van der Waals surface area contributed by atoms with Gasteiger partial charge in [0, 0.05) is 6.54 Å². The van der Waals surface area contributed by atoms with Crippen molar-refractivity contribution in [3.8, 4) is 5.75 Å². The summed E-state index contributed by atoms with van der Waals surface area (Å²) in [5.41, 5.74) is 1.31. The highest BCUT2D eigenvalue weighted by Gasteiger charge is 2.32. The molecule has 0 aromatic heterocycles. The van der Waals surface area contributed by atoms with Crippen LogP contribution in [0.1, 0.15) is 13.8 Å². The molecule has 0 saturated carbocycles. The number of amides is 1. The molecule has 0 saturated heterocycles. The van der Waals surface area contributed by atoms with Crippen LogP contribution in [0.4, 0.5) is 11.4 Å². The fourth-order valence-electron chi connectivity index (χ4n) is 3.71. The van der Waals surface area contributed by atoms with Gasteiger partial charge in [0.25, 0.3) is 26.1 Å². The zero-order chi connectivity index (χ0) is 26.3. The molecule has 2 aromatic carbocycles. The second-order valence-electron chi connectivity index (χ2n) is 7.67. The van der Waals surface area contributed by atoms with Gasteiger partial charge in [-0.2, -0.15) is 26.9 Å². The van der Waals surface area contributed by atoms with Crippen molar-refractivity contribution in [2.24, 2.45) is 5.10 Å². The van der Waals surface area contributed by atoms with E-state index >= 15 is 0 Å². The normalized spacial score (nSPS) is 18.3. The summed E-state index contributed by atoms with van der Waals surface area (Å²) in [4.78, 5) is 13.9. The topological polar surface area (TPSA) is 154 Å². The highest BCUT2D eigenvalue weighted by molar-refractivity contribution is 7.86. The lowest BCUT2D eigenvalue weighted by molar-refractivity contribution is -0.114. The number of fused-ring (bicyclic) bond motifs is 1. The second-order valence-corrected chi connectivity index (χ2v) is 10.5. The summed E-state index contributed by atoms with van der Waals surface area (Å²) < 4.78 is 70.4. The zero-order valence-electron chi connectivity index (χ0n) is 19.1. The van der Waals surface area contributed by atoms with Gasteiger partial charge in [-0.3, -0.25) is 13.9 Å². The molecule has 0 spiro atoms. The molecule has 13 heteroatoms. The average Bonchev–Trinajstić information content (AvgIpc) is 3.31. The lowest BCUT2D eigenvalue weighted by atomic mass is 10.1. The Hall–Kier alpha value is -3.78. The first-order valence-corrected chi connectivity index (χ1v) is 13.4. The minimum atomic E-state index is -4.45. The van der Waals surface area contributed by atoms with Gasteiger partial charge in [0.05, 0.1) is 21.9 Å². The Balaban J connectivity index is 1.54. The number of benzene rings is 2. The van der Waals surface area contributed by atoms with Crippen molar-refractivity contribution in [2.45, 2.75) is 23.6 Å². The van der Waals surface area contributed by atoms with Gasteiger partial charge in [0.2, 0.25) is 5.88 Å². The third kappa shape index (κ3) is 4.81. The summed E-state index contributed by atoms with van der Waals surface area (Å²) in [6.07, 6.45) is 6.33. The monoisotopic (exact) mass is 531 g/mol. The van der Waals surface area contributed by atoms with Gasteiger partial charge in [-0.15, -0.1) is 0 Å². The predicted molar refractivity (Wildman–Crippen MR) is 132 cm³/mol. The molecule has 1 amide bonds. The van der Waals surface area contributed by atoms with Gasteiger partial charge in [-0.05, 0) is 62.4 Å². The van der Waals surface area contributed by atoms with E-state index in [1.165, 1.54) is 36.4 Å². The van der Waals surface area contributed by atoms with E-state index in [2.05, 4.69) is 5.10 Å². The lowest BCUT2D eigenvalue weighted by Crippen LogP contribution is -2.21. The minimum Gasteiger partial charge on any atom is -0.439 e. The molecule has 0 fully saturated rings. The van der Waals surface area contributed by atoms with Crippen LogP contribution in [0.25, 0.3) is 0 Å². The van der Waals surface area contributed by atoms with E-state index in [-0.39, 0.29) is 21.2 Å². The number of hydrogen-bond donors (Lipinski definition) is 2. The third-order valence-corrected chi connectivity index (χ3v) is 7.11. The molecule has 0 aliphatic carbocycles. The molecule has 0 atom stereocenters. The molecule has 2 aromatic rings. The van der Waals surface area contributed by atoms with Gasteiger partial charge < -0.3 is 9.64 Å². The Morgan fingerprint density at radius 1 is 0.972 bits per heavy atom. The molecule has 4 rings (SSSR count). The Bertz CT molecular complexity index is 1570. The van der Waals surface area contributed by atoms with E-state index in [4.69, 9.17) is 9.29 Å². The highest BCUT2D eigenvalue weighted by atomic mass is 32.2. The second kappa shape index (κ2) is 9.35. The summed E-state index contributed by atoms with van der Waals surface area (Å²) in [5, 5.41) is 5.33. The number of anilines is 2. The SMILES string of the molecule is CCN1\C(=C/C=C/C=C2/C(=O)N(c3ccc(S(=O)(=O)O)cc3)N=C2C)Oc2cccc(S(=O)(=O)O)c21. The van der Waals surface area contributed by atoms with Gasteiger partial charge in [-0.1, -0.05) is 18.2 Å². The molecule has 188 valence electrons. The van der Waals surface area contributed by atoms with Crippen LogP contribution in [0.15, 0.2) is 93.1 Å². The van der Waals surface area contributed by atoms with Crippen LogP contribution in [-0.4, -0.2) is 44.1 Å². The van der Waals surface area contributed by atoms with Crippen molar-refractivity contribution in [1.29, 1.82) is 0 Å². The fraction of sp³-hybridized carbons (Fsp3) is 0.130. The Morgan fingerprint density at radius 2 is 1.64 bits per heavy atom. The molecule has 2 aliphatic heterocycles. The maximum absolute atomic E-state index is 12.8. The molecule has 0 radical (unpaired) electrons. The number of ether oxygens (including phenoxy) is 1. The molecular formula is C23H21N3O8S2. The summed E-state index contributed by atoms with van der Waals surface area (Å²) in [6.45, 7) is 3.82. The highest BCUT2D eigenvalue weighted by Crippen LogP contribution is 2.43. The van der Waals surface area contributed by atoms with Crippen molar-refractivity contribution in [3.63, 3.8) is 0 Å². The van der Waals surface area contributed by atoms with Crippen LogP contribution < -0.4 is 14.6 Å². The molecule has 2 N–H and O–H groups in total. The van der Waals surface area contributed by atoms with E-state index in [1.54, 1.807) is 49.1 Å². The Kier molecular flexibility index (Phi) is 6.58. The number of nitrogens with zero attached hydrogens (tertiary/aromatic N) is 3. The molecule has 0 bridgehead atoms. The van der Waals surface area contributed by atoms with E-state index in [9.17, 15) is 26.2 Å². The summed E-state index contributed by atoms with van der Waals surface area (Å²) in [7, 11) is -8.81. The first-order valence-electron chi connectivity index (χ1n) is 10.5. The number of carbonyl (C=O) groups excluding carboxylic acids is 1. The predicted octanol–water partition coefficient (Wildman–Crippen LogP) is 3.15. The van der Waals surface area contributed by atoms with E-state index < -0.39 is 26.1 Å². The molecule has 0 unspecified atom stereocenters. The first-order chi connectivity index (χ1) is 16.9. The van der Waals surface area contributed by atoms with Crippen LogP contribution in [0.3, 0.4) is 0 Å². The standard InChI is InChI=1S/C23H21N3O8S2/c1-3-25-21(34-19-8-6-9-20(22(19)25)36(31,32)33)10-5-4-7-18-15(2)24-26(23(18)27)16-11-13-17(14-12-16)35(28,29)30/h4-14H,3H2,1-2H3,(H,28,29,30)(H,31,32,33)/b5-4+,18-7+,21-10+. The fourth-order valence-corrected chi connectivity index (χ4v) is 4.89. The number of hydrazone groups is 1. The zero-order valence-corrected chi connectivity index (χ0v) is 20.7. The average molecular weight is 532 g/mol. The molecule has 36 heavy (non-hydrogen) atoms. The summed E-state index contributed by atoms with van der Waals surface area (Å²) >= 11 is 0. The van der Waals surface area contributed by atoms with Crippen molar-refractivity contribution in [3.05, 3.63) is 78.2 Å². The summed E-state index contributed by atoms with van der Waals surface area (Å²) in [6, 6.07) is 9.40. The number of carbonyl (C=O) groups is 1. The van der Waals surface area contributed by atoms with Gasteiger partial charge in [-0.25, -0.2) is 0 Å². The molecule has 2 heterocycles. The number of hydrogen-bond acceptors (Lipinski definition) is 8. The van der Waals surface area contributed by atoms with Gasteiger partial charge in [0.15, 0.2) is 5.75 Å². The third-order valence-electron chi connectivity index (χ3n) is 5.36. The number of para-hydroxylation sites is 1. The maximum Gasteiger partial charge on any atom is 0.296 e. The number of rotatable bonds is 6. The maximum atomic E-state index is 12.8. The largest absolute Gasteiger partial charge is 0.439 e. The van der Waals surface area contributed by atoms with Crippen LogP contribution in [0.2, 0.25) is 0 Å². The van der Waals surface area contributed by atoms with E-state index in [1.807, 2.05) is 0 Å². The van der Waals surface area contributed by atoms with Crippen LogP contribution in [-0.2, 0) is 25.0 Å². The van der Waals surface area contributed by atoms with Crippen LogP contribution in [0, 0.1) is 0 Å². The quantitative estimate of drug-likeness (QED) is 0.423. The van der Waals surface area contributed by atoms with Crippen molar-refractivity contribution in [2.75, 3.05) is 16.5 Å². The van der Waals surface area contributed by atoms with Crippen molar-refractivity contribution < 1.29 is 35.5 Å². The molecule has 2 aliphatic rings. The van der Waals surface area contributed by atoms with Gasteiger partial charge in [0.1, 0.15) is 10.6 Å². The number of allylic oxidation sites excluding steroid dienone is 4. The van der Waals surface area contributed by atoms with Crippen molar-refractivity contribution in [1.82, 2.24) is 0 Å². The van der Waals surface area contributed by atoms with Crippen molar-refractivity contribution >= 4 is 43.2 Å². The Labute approximate surface area is 207 Å². The molecular weight excluding hydrogens is 510 g/mol. The van der Waals surface area contributed by atoms with Crippen LogP contribution in [0.5, 0.6) is 5.75 Å². The minimum absolute atomic E-state index is 0.241. The smallest absolute Gasteiger partial charge is 0.296 e. The Morgan fingerprint density at radius 3 is 2.25 bits per heavy atom.